The maximum Gasteiger partial charge on any atom is 0.120 e. The molecule has 0 saturated carbocycles. The van der Waals surface area contributed by atoms with Gasteiger partial charge in [-0.15, -0.1) is 0 Å². The van der Waals surface area contributed by atoms with E-state index in [1.165, 1.54) is 6.42 Å². The maximum absolute atomic E-state index is 10.0. The number of benzene rings is 1. The fourth-order valence-electron chi connectivity index (χ4n) is 2.45. The Morgan fingerprint density at radius 1 is 1.11 bits per heavy atom. The van der Waals surface area contributed by atoms with Crippen molar-refractivity contribution in [3.05, 3.63) is 29.8 Å². The zero-order chi connectivity index (χ0) is 13.5. The first-order chi connectivity index (χ1) is 8.63. The molecule has 2 nitrogen and oxygen atoms in total. The lowest BCUT2D eigenvalue weighted by Gasteiger charge is -2.32. The molecule has 1 rings (SSSR count). The average molecular weight is 249 g/mol. The average Bonchev–Trinajstić information content (AvgIpc) is 2.40. The Morgan fingerprint density at radius 3 is 2.28 bits per heavy atom. The topological polar surface area (TPSA) is 23.5 Å². The van der Waals surface area contributed by atoms with E-state index in [9.17, 15) is 5.11 Å². The minimum atomic E-state index is 0.324. The number of nitrogens with zero attached hydrogens (tertiary/aromatic N) is 1. The number of rotatable bonds is 7. The summed E-state index contributed by atoms with van der Waals surface area (Å²) in [5, 5.41) is 10.0. The summed E-state index contributed by atoms with van der Waals surface area (Å²) in [5.41, 5.74) is 1.06. The van der Waals surface area contributed by atoms with E-state index in [0.29, 0.717) is 17.7 Å². The molecule has 102 valence electrons. The van der Waals surface area contributed by atoms with Crippen LogP contribution in [0.4, 0.5) is 0 Å². The summed E-state index contributed by atoms with van der Waals surface area (Å²) in [6.07, 6.45) is 2.23. The second-order valence-corrected chi connectivity index (χ2v) is 5.08. The van der Waals surface area contributed by atoms with Gasteiger partial charge < -0.3 is 5.11 Å². The normalized spacial score (nSPS) is 14.7. The minimum Gasteiger partial charge on any atom is -0.508 e. The Kier molecular flexibility index (Phi) is 6.20. The maximum atomic E-state index is 10.0. The fourth-order valence-corrected chi connectivity index (χ4v) is 2.45. The van der Waals surface area contributed by atoms with Crippen molar-refractivity contribution in [2.24, 2.45) is 5.92 Å². The molecule has 0 aliphatic heterocycles. The summed E-state index contributed by atoms with van der Waals surface area (Å²) in [6.45, 7) is 11.0. The first-order valence-corrected chi connectivity index (χ1v) is 7.15. The van der Waals surface area contributed by atoms with Crippen LogP contribution in [0.2, 0.25) is 0 Å². The van der Waals surface area contributed by atoms with Crippen LogP contribution < -0.4 is 0 Å². The van der Waals surface area contributed by atoms with E-state index in [4.69, 9.17) is 0 Å². The summed E-state index contributed by atoms with van der Waals surface area (Å²) < 4.78 is 0. The first kappa shape index (κ1) is 15.0. The van der Waals surface area contributed by atoms with Crippen molar-refractivity contribution in [2.75, 3.05) is 13.1 Å². The highest BCUT2D eigenvalue weighted by atomic mass is 16.3. The Morgan fingerprint density at radius 2 is 1.78 bits per heavy atom. The van der Waals surface area contributed by atoms with E-state index in [1.807, 2.05) is 18.2 Å². The summed E-state index contributed by atoms with van der Waals surface area (Å²) in [4.78, 5) is 2.48. The molecule has 0 spiro atoms. The lowest BCUT2D eigenvalue weighted by atomic mass is 9.99. The van der Waals surface area contributed by atoms with Gasteiger partial charge in [0, 0.05) is 18.2 Å². The van der Waals surface area contributed by atoms with Gasteiger partial charge in [-0.05, 0) is 24.9 Å². The molecule has 2 heteroatoms. The molecule has 0 saturated heterocycles. The van der Waals surface area contributed by atoms with E-state index in [2.05, 4.69) is 32.6 Å². The van der Waals surface area contributed by atoms with Gasteiger partial charge in [-0.25, -0.2) is 0 Å². The third-order valence-corrected chi connectivity index (χ3v) is 3.77. The summed E-state index contributed by atoms with van der Waals surface area (Å²) in [7, 11) is 0. The molecule has 1 aromatic carbocycles. The number of phenols is 1. The SMILES string of the molecule is CCC(C)CN(CC)C(CC)c1ccccc1O. The second-order valence-electron chi connectivity index (χ2n) is 5.08. The predicted octanol–water partition coefficient (Wildman–Crippen LogP) is 4.21. The van der Waals surface area contributed by atoms with Crippen LogP contribution in [0.5, 0.6) is 5.75 Å². The monoisotopic (exact) mass is 249 g/mol. The van der Waals surface area contributed by atoms with Crippen LogP contribution in [-0.2, 0) is 0 Å². The van der Waals surface area contributed by atoms with Crippen molar-refractivity contribution < 1.29 is 5.11 Å². The lowest BCUT2D eigenvalue weighted by Crippen LogP contribution is -2.32. The van der Waals surface area contributed by atoms with Gasteiger partial charge in [0.05, 0.1) is 0 Å². The molecular weight excluding hydrogens is 222 g/mol. The number of aromatic hydroxyl groups is 1. The van der Waals surface area contributed by atoms with E-state index < -0.39 is 0 Å². The van der Waals surface area contributed by atoms with E-state index >= 15 is 0 Å². The Bertz CT molecular complexity index is 351. The van der Waals surface area contributed by atoms with Gasteiger partial charge in [-0.3, -0.25) is 4.90 Å². The highest BCUT2D eigenvalue weighted by molar-refractivity contribution is 5.34. The molecule has 1 N–H and O–H groups in total. The number of phenolic OH excluding ortho intramolecular Hbond substituents is 1. The Balaban J connectivity index is 2.89. The summed E-state index contributed by atoms with van der Waals surface area (Å²) in [5.74, 6) is 1.12. The van der Waals surface area contributed by atoms with Crippen LogP contribution >= 0.6 is 0 Å². The second kappa shape index (κ2) is 7.42. The van der Waals surface area contributed by atoms with Gasteiger partial charge in [-0.2, -0.15) is 0 Å². The van der Waals surface area contributed by atoms with Crippen molar-refractivity contribution in [1.82, 2.24) is 4.90 Å². The zero-order valence-corrected chi connectivity index (χ0v) is 12.2. The molecule has 0 radical (unpaired) electrons. The zero-order valence-electron chi connectivity index (χ0n) is 12.2. The van der Waals surface area contributed by atoms with Gasteiger partial charge in [0.2, 0.25) is 0 Å². The van der Waals surface area contributed by atoms with Crippen LogP contribution in [0.15, 0.2) is 24.3 Å². The van der Waals surface area contributed by atoms with Crippen LogP contribution in [0.3, 0.4) is 0 Å². The van der Waals surface area contributed by atoms with Crippen LogP contribution in [0.1, 0.15) is 52.1 Å². The molecule has 18 heavy (non-hydrogen) atoms. The molecule has 0 aliphatic carbocycles. The van der Waals surface area contributed by atoms with E-state index in [1.54, 1.807) is 6.07 Å². The third kappa shape index (κ3) is 3.74. The molecule has 0 aliphatic rings. The third-order valence-electron chi connectivity index (χ3n) is 3.77. The van der Waals surface area contributed by atoms with Gasteiger partial charge in [0.1, 0.15) is 5.75 Å². The standard InChI is InChI=1S/C16H27NO/c1-5-13(4)12-17(7-3)15(6-2)14-10-8-9-11-16(14)18/h8-11,13,15,18H,5-7,12H2,1-4H3. The van der Waals surface area contributed by atoms with Crippen LogP contribution in [0.25, 0.3) is 0 Å². The van der Waals surface area contributed by atoms with Gasteiger partial charge in [-0.1, -0.05) is 52.3 Å². The highest BCUT2D eigenvalue weighted by Crippen LogP contribution is 2.31. The Hall–Kier alpha value is -1.02. The van der Waals surface area contributed by atoms with Crippen molar-refractivity contribution >= 4 is 0 Å². The molecule has 0 bridgehead atoms. The van der Waals surface area contributed by atoms with Crippen molar-refractivity contribution in [3.8, 4) is 5.75 Å². The molecule has 0 heterocycles. The smallest absolute Gasteiger partial charge is 0.120 e. The predicted molar refractivity (Wildman–Crippen MR) is 77.8 cm³/mol. The molecule has 0 aromatic heterocycles. The number of hydrogen-bond donors (Lipinski definition) is 1. The molecule has 0 fully saturated rings. The molecule has 1 aromatic rings. The van der Waals surface area contributed by atoms with Gasteiger partial charge >= 0.3 is 0 Å². The van der Waals surface area contributed by atoms with Crippen molar-refractivity contribution in [2.45, 2.75) is 46.6 Å². The van der Waals surface area contributed by atoms with Gasteiger partial charge in [0.15, 0.2) is 0 Å². The van der Waals surface area contributed by atoms with Crippen LogP contribution in [0, 0.1) is 5.92 Å². The first-order valence-electron chi connectivity index (χ1n) is 7.15. The van der Waals surface area contributed by atoms with Gasteiger partial charge in [0.25, 0.3) is 0 Å². The largest absolute Gasteiger partial charge is 0.508 e. The van der Waals surface area contributed by atoms with E-state index in [0.717, 1.165) is 25.1 Å². The molecule has 2 unspecified atom stereocenters. The molecular formula is C16H27NO. The summed E-state index contributed by atoms with van der Waals surface area (Å²) in [6, 6.07) is 8.05. The Labute approximate surface area is 112 Å². The summed E-state index contributed by atoms with van der Waals surface area (Å²) >= 11 is 0. The number of hydrogen-bond acceptors (Lipinski definition) is 2. The van der Waals surface area contributed by atoms with Crippen LogP contribution in [-0.4, -0.2) is 23.1 Å². The highest BCUT2D eigenvalue weighted by Gasteiger charge is 2.21. The lowest BCUT2D eigenvalue weighted by molar-refractivity contribution is 0.171. The van der Waals surface area contributed by atoms with Crippen molar-refractivity contribution in [1.29, 1.82) is 0 Å². The quantitative estimate of drug-likeness (QED) is 0.782. The fraction of sp³-hybridized carbons (Fsp3) is 0.625. The minimum absolute atomic E-state index is 0.324. The van der Waals surface area contributed by atoms with Crippen molar-refractivity contribution in [3.63, 3.8) is 0 Å². The molecule has 2 atom stereocenters. The molecule has 0 amide bonds. The van der Waals surface area contributed by atoms with E-state index in [-0.39, 0.29) is 0 Å². The number of para-hydroxylation sites is 1.